The number of nitrogens with two attached hydrogens (primary N) is 1. The van der Waals surface area contributed by atoms with Gasteiger partial charge < -0.3 is 5.73 Å². The van der Waals surface area contributed by atoms with E-state index in [4.69, 9.17) is 5.73 Å². The van der Waals surface area contributed by atoms with E-state index in [1.807, 2.05) is 24.3 Å². The van der Waals surface area contributed by atoms with Crippen molar-refractivity contribution in [3.8, 4) is 5.82 Å². The zero-order chi connectivity index (χ0) is 13.4. The van der Waals surface area contributed by atoms with Gasteiger partial charge in [-0.25, -0.2) is 9.67 Å². The van der Waals surface area contributed by atoms with Gasteiger partial charge in [-0.1, -0.05) is 18.2 Å². The van der Waals surface area contributed by atoms with E-state index in [9.17, 15) is 10.1 Å². The lowest BCUT2D eigenvalue weighted by Gasteiger charge is -2.03. The van der Waals surface area contributed by atoms with Crippen LogP contribution in [-0.2, 0) is 0 Å². The van der Waals surface area contributed by atoms with Crippen LogP contribution in [0.2, 0.25) is 0 Å². The summed E-state index contributed by atoms with van der Waals surface area (Å²) in [4.78, 5) is 14.2. The molecule has 0 fully saturated rings. The van der Waals surface area contributed by atoms with E-state index in [1.165, 1.54) is 12.1 Å². The molecular weight excluding hydrogens is 246 g/mol. The normalized spacial score (nSPS) is 10.7. The third-order valence-corrected chi connectivity index (χ3v) is 2.78. The van der Waals surface area contributed by atoms with E-state index in [1.54, 1.807) is 10.9 Å². The van der Waals surface area contributed by atoms with Crippen molar-refractivity contribution in [2.75, 3.05) is 5.73 Å². The molecule has 2 aromatic heterocycles. The van der Waals surface area contributed by atoms with Gasteiger partial charge in [0.15, 0.2) is 5.82 Å². The quantitative estimate of drug-likeness (QED) is 0.557. The van der Waals surface area contributed by atoms with Gasteiger partial charge in [-0.2, -0.15) is 5.10 Å². The number of hydrogen-bond acceptors (Lipinski definition) is 5. The number of para-hydroxylation sites is 1. The minimum atomic E-state index is -0.562. The van der Waals surface area contributed by atoms with Crippen molar-refractivity contribution < 1.29 is 4.92 Å². The van der Waals surface area contributed by atoms with Crippen LogP contribution in [0.4, 0.5) is 11.5 Å². The number of hydrogen-bond donors (Lipinski definition) is 1. The molecule has 94 valence electrons. The molecule has 0 atom stereocenters. The first-order chi connectivity index (χ1) is 9.16. The van der Waals surface area contributed by atoms with Gasteiger partial charge in [-0.05, 0) is 12.1 Å². The van der Waals surface area contributed by atoms with Gasteiger partial charge in [-0.3, -0.25) is 10.1 Å². The lowest BCUT2D eigenvalue weighted by molar-refractivity contribution is -0.384. The van der Waals surface area contributed by atoms with Crippen LogP contribution in [0, 0.1) is 10.1 Å². The molecule has 0 saturated carbocycles. The fourth-order valence-corrected chi connectivity index (χ4v) is 1.88. The van der Waals surface area contributed by atoms with Crippen molar-refractivity contribution in [1.82, 2.24) is 14.8 Å². The molecule has 0 saturated heterocycles. The molecule has 0 spiro atoms. The van der Waals surface area contributed by atoms with E-state index in [2.05, 4.69) is 10.1 Å². The first-order valence-corrected chi connectivity index (χ1v) is 5.51. The number of fused-ring (bicyclic) bond motifs is 1. The molecule has 0 radical (unpaired) electrons. The van der Waals surface area contributed by atoms with Crippen LogP contribution in [0.3, 0.4) is 0 Å². The average Bonchev–Trinajstić information content (AvgIpc) is 2.82. The Kier molecular flexibility index (Phi) is 2.38. The first-order valence-electron chi connectivity index (χ1n) is 5.51. The topological polar surface area (TPSA) is 99.9 Å². The number of benzene rings is 1. The molecule has 7 heteroatoms. The van der Waals surface area contributed by atoms with Gasteiger partial charge in [0, 0.05) is 11.5 Å². The van der Waals surface area contributed by atoms with Crippen LogP contribution in [0.25, 0.3) is 16.7 Å². The first kappa shape index (κ1) is 11.1. The smallest absolute Gasteiger partial charge is 0.311 e. The molecule has 2 heterocycles. The van der Waals surface area contributed by atoms with E-state index < -0.39 is 4.92 Å². The molecule has 0 aliphatic carbocycles. The summed E-state index contributed by atoms with van der Waals surface area (Å²) in [5.74, 6) is 0.325. The maximum atomic E-state index is 10.7. The highest BCUT2D eigenvalue weighted by Crippen LogP contribution is 2.22. The molecule has 0 aliphatic heterocycles. The Morgan fingerprint density at radius 2 is 2.00 bits per heavy atom. The summed E-state index contributed by atoms with van der Waals surface area (Å²) in [6.07, 6.45) is 1.70. The lowest BCUT2D eigenvalue weighted by Crippen LogP contribution is -2.04. The molecule has 0 aliphatic rings. The van der Waals surface area contributed by atoms with Crippen LogP contribution in [0.15, 0.2) is 42.6 Å². The number of pyridine rings is 1. The highest BCUT2D eigenvalue weighted by molar-refractivity contribution is 5.79. The summed E-state index contributed by atoms with van der Waals surface area (Å²) in [6.45, 7) is 0. The predicted octanol–water partition coefficient (Wildman–Crippen LogP) is 1.91. The Bertz CT molecular complexity index is 781. The highest BCUT2D eigenvalue weighted by atomic mass is 16.6. The Hall–Kier alpha value is -2.96. The van der Waals surface area contributed by atoms with E-state index in [-0.39, 0.29) is 11.5 Å². The molecular formula is C12H9N5O2. The van der Waals surface area contributed by atoms with Crippen molar-refractivity contribution in [2.45, 2.75) is 0 Å². The molecule has 3 rings (SSSR count). The maximum Gasteiger partial charge on any atom is 0.311 e. The van der Waals surface area contributed by atoms with Gasteiger partial charge >= 0.3 is 5.69 Å². The minimum Gasteiger partial charge on any atom is -0.378 e. The number of nitrogen functional groups attached to an aromatic ring is 1. The van der Waals surface area contributed by atoms with Gasteiger partial charge in [0.25, 0.3) is 0 Å². The molecule has 1 aromatic carbocycles. The second-order valence-corrected chi connectivity index (χ2v) is 3.95. The molecule has 0 unspecified atom stereocenters. The average molecular weight is 255 g/mol. The lowest BCUT2D eigenvalue weighted by atomic mass is 10.2. The standard InChI is InChI=1S/C12H9N5O2/c13-12-10(17(18)19)5-6-11(15-12)16-9-4-2-1-3-8(9)7-14-16/h1-7H,(H2,13,15). The number of anilines is 1. The SMILES string of the molecule is Nc1nc(-n2ncc3ccccc32)ccc1[N+](=O)[O-]. The van der Waals surface area contributed by atoms with Gasteiger partial charge in [0.05, 0.1) is 16.6 Å². The summed E-state index contributed by atoms with van der Waals surface area (Å²) < 4.78 is 1.59. The maximum absolute atomic E-state index is 10.7. The molecule has 19 heavy (non-hydrogen) atoms. The summed E-state index contributed by atoms with van der Waals surface area (Å²) in [5, 5.41) is 15.9. The molecule has 0 amide bonds. The summed E-state index contributed by atoms with van der Waals surface area (Å²) in [5.41, 5.74) is 6.23. The zero-order valence-corrected chi connectivity index (χ0v) is 9.72. The van der Waals surface area contributed by atoms with Gasteiger partial charge in [-0.15, -0.1) is 0 Å². The Balaban J connectivity index is 2.17. The molecule has 0 bridgehead atoms. The van der Waals surface area contributed by atoms with Crippen LogP contribution >= 0.6 is 0 Å². The van der Waals surface area contributed by atoms with Crippen molar-refractivity contribution in [2.24, 2.45) is 0 Å². The molecule has 7 nitrogen and oxygen atoms in total. The summed E-state index contributed by atoms with van der Waals surface area (Å²) in [6, 6.07) is 10.5. The number of nitrogens with zero attached hydrogens (tertiary/aromatic N) is 4. The summed E-state index contributed by atoms with van der Waals surface area (Å²) in [7, 11) is 0. The third kappa shape index (κ3) is 1.77. The third-order valence-electron chi connectivity index (χ3n) is 2.78. The van der Waals surface area contributed by atoms with E-state index in [0.29, 0.717) is 5.82 Å². The van der Waals surface area contributed by atoms with Crippen LogP contribution in [-0.4, -0.2) is 19.7 Å². The monoisotopic (exact) mass is 255 g/mol. The fraction of sp³-hybridized carbons (Fsp3) is 0. The Morgan fingerprint density at radius 1 is 1.21 bits per heavy atom. The summed E-state index contributed by atoms with van der Waals surface area (Å²) >= 11 is 0. The molecule has 3 aromatic rings. The number of aromatic nitrogens is 3. The van der Waals surface area contributed by atoms with Gasteiger partial charge in [0.1, 0.15) is 0 Å². The van der Waals surface area contributed by atoms with Crippen molar-refractivity contribution in [3.05, 3.63) is 52.7 Å². The zero-order valence-electron chi connectivity index (χ0n) is 9.72. The Morgan fingerprint density at radius 3 is 2.74 bits per heavy atom. The Labute approximate surface area is 107 Å². The second-order valence-electron chi connectivity index (χ2n) is 3.95. The largest absolute Gasteiger partial charge is 0.378 e. The number of nitro groups is 1. The van der Waals surface area contributed by atoms with Crippen molar-refractivity contribution in [3.63, 3.8) is 0 Å². The number of rotatable bonds is 2. The predicted molar refractivity (Wildman–Crippen MR) is 69.9 cm³/mol. The van der Waals surface area contributed by atoms with Crippen molar-refractivity contribution in [1.29, 1.82) is 0 Å². The van der Waals surface area contributed by atoms with E-state index in [0.717, 1.165) is 10.9 Å². The fourth-order valence-electron chi connectivity index (χ4n) is 1.88. The van der Waals surface area contributed by atoms with Crippen LogP contribution < -0.4 is 5.73 Å². The van der Waals surface area contributed by atoms with E-state index >= 15 is 0 Å². The second kappa shape index (κ2) is 4.05. The van der Waals surface area contributed by atoms with Gasteiger partial charge in [0.2, 0.25) is 5.82 Å². The molecule has 2 N–H and O–H groups in total. The van der Waals surface area contributed by atoms with Crippen LogP contribution in [0.1, 0.15) is 0 Å². The van der Waals surface area contributed by atoms with Crippen LogP contribution in [0.5, 0.6) is 0 Å². The van der Waals surface area contributed by atoms with Crippen molar-refractivity contribution >= 4 is 22.4 Å². The minimum absolute atomic E-state index is 0.123. The highest BCUT2D eigenvalue weighted by Gasteiger charge is 2.14.